The molecule has 1 saturated heterocycles. The molecule has 1 aromatic rings. The quantitative estimate of drug-likeness (QED) is 0.843. The van der Waals surface area contributed by atoms with Crippen LogP contribution >= 0.6 is 0 Å². The Morgan fingerprint density at radius 1 is 1.14 bits per heavy atom. The fraction of sp³-hybridized carbons (Fsp3) is 0.409. The zero-order valence-electron chi connectivity index (χ0n) is 16.4. The number of carboxylic acid groups (broad SMARTS) is 1. The average molecular weight is 395 g/mol. The molecular weight excluding hydrogens is 370 g/mol. The van der Waals surface area contributed by atoms with Gasteiger partial charge in [0.15, 0.2) is 18.3 Å². The Bertz CT molecular complexity index is 913. The molecule has 4 rings (SSSR count). The van der Waals surface area contributed by atoms with Crippen LogP contribution in [0.15, 0.2) is 47.8 Å². The first-order valence-corrected chi connectivity index (χ1v) is 10.0. The van der Waals surface area contributed by atoms with E-state index in [1.165, 1.54) is 6.42 Å². The Morgan fingerprint density at radius 2 is 1.93 bits per heavy atom. The van der Waals surface area contributed by atoms with Crippen LogP contribution in [0.25, 0.3) is 0 Å². The molecule has 0 bridgehead atoms. The molecule has 152 valence electrons. The van der Waals surface area contributed by atoms with Crippen molar-refractivity contribution in [2.45, 2.75) is 38.5 Å². The highest BCUT2D eigenvalue weighted by atomic mass is 16.5. The number of allylic oxidation sites excluding steroid dienone is 3. The molecule has 0 saturated carbocycles. The molecule has 2 aliphatic heterocycles. The lowest BCUT2D eigenvalue weighted by Gasteiger charge is -2.26. The highest BCUT2D eigenvalue weighted by Gasteiger charge is 2.28. The van der Waals surface area contributed by atoms with E-state index in [1.807, 2.05) is 15.9 Å². The maximum absolute atomic E-state index is 12.7. The summed E-state index contributed by atoms with van der Waals surface area (Å²) in [6.07, 6.45) is 10.3. The summed E-state index contributed by atoms with van der Waals surface area (Å²) in [7, 11) is 0. The number of ether oxygens (including phenoxy) is 1. The number of carbonyl (C=O) groups is 2. The third-order valence-corrected chi connectivity index (χ3v) is 5.64. The van der Waals surface area contributed by atoms with Crippen LogP contribution in [0.4, 0.5) is 5.82 Å². The smallest absolute Gasteiger partial charge is 0.335 e. The summed E-state index contributed by atoms with van der Waals surface area (Å²) < 4.78 is 5.82. The molecule has 1 amide bonds. The highest BCUT2D eigenvalue weighted by Crippen LogP contribution is 2.37. The first kappa shape index (κ1) is 19.2. The van der Waals surface area contributed by atoms with Crippen molar-refractivity contribution in [3.05, 3.63) is 53.4 Å². The van der Waals surface area contributed by atoms with Gasteiger partial charge in [0.2, 0.25) is 0 Å². The second-order valence-electron chi connectivity index (χ2n) is 7.56. The fourth-order valence-electron chi connectivity index (χ4n) is 4.01. The molecule has 0 atom stereocenters. The van der Waals surface area contributed by atoms with Gasteiger partial charge in [-0.3, -0.25) is 9.69 Å². The van der Waals surface area contributed by atoms with Gasteiger partial charge in [-0.25, -0.2) is 9.78 Å². The first-order valence-electron chi connectivity index (χ1n) is 10.0. The van der Waals surface area contributed by atoms with Crippen LogP contribution in [0.2, 0.25) is 0 Å². The van der Waals surface area contributed by atoms with E-state index in [0.29, 0.717) is 48.7 Å². The van der Waals surface area contributed by atoms with Gasteiger partial charge in [0.1, 0.15) is 0 Å². The molecule has 29 heavy (non-hydrogen) atoms. The lowest BCUT2D eigenvalue weighted by molar-refractivity contribution is -0.132. The second-order valence-corrected chi connectivity index (χ2v) is 7.56. The number of likely N-dealkylation sites (tertiary alicyclic amines) is 1. The topological polar surface area (TPSA) is 83.0 Å². The third-order valence-electron chi connectivity index (χ3n) is 5.64. The predicted molar refractivity (Wildman–Crippen MR) is 109 cm³/mol. The molecule has 3 aliphatic rings. The molecule has 0 radical (unpaired) electrons. The number of piperidine rings is 1. The van der Waals surface area contributed by atoms with E-state index in [2.05, 4.69) is 11.6 Å². The predicted octanol–water partition coefficient (Wildman–Crippen LogP) is 3.50. The third kappa shape index (κ3) is 3.90. The summed E-state index contributed by atoms with van der Waals surface area (Å²) in [5, 5.41) is 9.28. The van der Waals surface area contributed by atoms with Crippen molar-refractivity contribution in [3.8, 4) is 5.75 Å². The standard InChI is InChI=1S/C22H25N3O4/c1-15-8-9-17(6-5-7-18(15)22(27)28)25-14-29-19-12-16(13-23-20(19)25)21(26)24-10-3-2-4-11-24/h6-7,12-13H,1-5,8-11,14H2,(H,27,28)/b17-6+,18-7?. The average Bonchev–Trinajstić information content (AvgIpc) is 3.14. The van der Waals surface area contributed by atoms with E-state index in [1.54, 1.807) is 18.3 Å². The number of anilines is 1. The largest absolute Gasteiger partial charge is 0.478 e. The number of carbonyl (C=O) groups excluding carboxylic acids is 1. The van der Waals surface area contributed by atoms with Crippen LogP contribution < -0.4 is 9.64 Å². The summed E-state index contributed by atoms with van der Waals surface area (Å²) in [4.78, 5) is 32.4. The SMILES string of the molecule is C=C1CC/C(N2COc3cc(C(=O)N4CCCCC4)cnc32)=C\CC=C1C(=O)O. The molecule has 3 heterocycles. The number of pyridine rings is 1. The molecule has 1 aromatic heterocycles. The molecule has 0 aromatic carbocycles. The lowest BCUT2D eigenvalue weighted by atomic mass is 9.97. The summed E-state index contributed by atoms with van der Waals surface area (Å²) in [5.41, 5.74) is 2.49. The van der Waals surface area contributed by atoms with Crippen molar-refractivity contribution in [2.75, 3.05) is 24.7 Å². The van der Waals surface area contributed by atoms with E-state index in [4.69, 9.17) is 4.74 Å². The summed E-state index contributed by atoms with van der Waals surface area (Å²) in [6.45, 7) is 5.84. The van der Waals surface area contributed by atoms with Crippen molar-refractivity contribution in [3.63, 3.8) is 0 Å². The Hall–Kier alpha value is -3.09. The minimum Gasteiger partial charge on any atom is -0.478 e. The minimum atomic E-state index is -0.936. The fourth-order valence-corrected chi connectivity index (χ4v) is 4.01. The molecule has 1 N–H and O–H groups in total. The molecule has 1 fully saturated rings. The Kier molecular flexibility index (Phi) is 5.38. The molecule has 1 aliphatic carbocycles. The highest BCUT2D eigenvalue weighted by molar-refractivity contribution is 5.95. The van der Waals surface area contributed by atoms with Crippen molar-refractivity contribution in [2.24, 2.45) is 0 Å². The van der Waals surface area contributed by atoms with Crippen LogP contribution in [-0.2, 0) is 4.79 Å². The van der Waals surface area contributed by atoms with Gasteiger partial charge in [-0.15, -0.1) is 0 Å². The molecule has 7 heteroatoms. The maximum atomic E-state index is 12.7. The van der Waals surface area contributed by atoms with E-state index in [0.717, 1.165) is 31.6 Å². The number of hydrogen-bond acceptors (Lipinski definition) is 5. The van der Waals surface area contributed by atoms with Gasteiger partial charge in [0, 0.05) is 25.0 Å². The Balaban J connectivity index is 1.53. The number of nitrogens with zero attached hydrogens (tertiary/aromatic N) is 3. The van der Waals surface area contributed by atoms with Gasteiger partial charge in [0.25, 0.3) is 5.91 Å². The van der Waals surface area contributed by atoms with Crippen LogP contribution in [0.5, 0.6) is 5.75 Å². The maximum Gasteiger partial charge on any atom is 0.335 e. The number of carboxylic acids is 1. The van der Waals surface area contributed by atoms with E-state index in [-0.39, 0.29) is 11.5 Å². The van der Waals surface area contributed by atoms with Gasteiger partial charge in [-0.05, 0) is 50.2 Å². The molecule has 0 unspecified atom stereocenters. The van der Waals surface area contributed by atoms with E-state index < -0.39 is 5.97 Å². The van der Waals surface area contributed by atoms with Crippen LogP contribution in [0.3, 0.4) is 0 Å². The number of aliphatic carboxylic acids is 1. The van der Waals surface area contributed by atoms with Crippen molar-refractivity contribution in [1.82, 2.24) is 9.88 Å². The van der Waals surface area contributed by atoms with Crippen molar-refractivity contribution >= 4 is 17.7 Å². The van der Waals surface area contributed by atoms with E-state index >= 15 is 0 Å². The van der Waals surface area contributed by atoms with Gasteiger partial charge >= 0.3 is 5.97 Å². The number of aromatic nitrogens is 1. The second kappa shape index (κ2) is 8.11. The Morgan fingerprint density at radius 3 is 2.69 bits per heavy atom. The molecule has 7 nitrogen and oxygen atoms in total. The molecule has 0 spiro atoms. The van der Waals surface area contributed by atoms with Crippen LogP contribution in [0.1, 0.15) is 48.9 Å². The van der Waals surface area contributed by atoms with Crippen LogP contribution in [-0.4, -0.2) is 46.7 Å². The van der Waals surface area contributed by atoms with Crippen molar-refractivity contribution < 1.29 is 19.4 Å². The zero-order chi connectivity index (χ0) is 20.4. The summed E-state index contributed by atoms with van der Waals surface area (Å²) >= 11 is 0. The number of fused-ring (bicyclic) bond motifs is 1. The minimum absolute atomic E-state index is 0.00913. The van der Waals surface area contributed by atoms with Gasteiger partial charge in [-0.2, -0.15) is 0 Å². The van der Waals surface area contributed by atoms with Crippen LogP contribution in [0, 0.1) is 0 Å². The normalized spacial score (nSPS) is 21.3. The number of amides is 1. The Labute approximate surface area is 170 Å². The van der Waals surface area contributed by atoms with Crippen molar-refractivity contribution in [1.29, 1.82) is 0 Å². The zero-order valence-corrected chi connectivity index (χ0v) is 16.4. The monoisotopic (exact) mass is 395 g/mol. The first-order chi connectivity index (χ1) is 14.0. The molecular formula is C22H25N3O4. The number of hydrogen-bond donors (Lipinski definition) is 1. The summed E-state index contributed by atoms with van der Waals surface area (Å²) in [6, 6.07) is 1.78. The van der Waals surface area contributed by atoms with Gasteiger partial charge in [0.05, 0.1) is 11.1 Å². The van der Waals surface area contributed by atoms with Gasteiger partial charge < -0.3 is 14.7 Å². The van der Waals surface area contributed by atoms with E-state index in [9.17, 15) is 14.7 Å². The lowest BCUT2D eigenvalue weighted by Crippen LogP contribution is -2.35. The summed E-state index contributed by atoms with van der Waals surface area (Å²) in [5.74, 6) is 0.376. The number of rotatable bonds is 3. The van der Waals surface area contributed by atoms with Gasteiger partial charge in [-0.1, -0.05) is 18.7 Å².